The first-order valence-corrected chi connectivity index (χ1v) is 6.35. The van der Waals surface area contributed by atoms with Crippen LogP contribution in [-0.2, 0) is 0 Å². The zero-order chi connectivity index (χ0) is 16.3. The van der Waals surface area contributed by atoms with E-state index in [1.165, 1.54) is 33.5 Å². The highest BCUT2D eigenvalue weighted by molar-refractivity contribution is 5.89. The molecule has 0 aliphatic heterocycles. The fourth-order valence-electron chi connectivity index (χ4n) is 2.12. The number of carboxylic acid groups (broad SMARTS) is 1. The van der Waals surface area contributed by atoms with Crippen molar-refractivity contribution in [2.24, 2.45) is 0 Å². The number of rotatable bonds is 5. The van der Waals surface area contributed by atoms with Gasteiger partial charge in [0.15, 0.2) is 11.5 Å². The van der Waals surface area contributed by atoms with E-state index in [1.807, 2.05) is 0 Å². The average Bonchev–Trinajstić information content (AvgIpc) is 2.53. The van der Waals surface area contributed by atoms with Crippen LogP contribution in [0.15, 0.2) is 30.3 Å². The van der Waals surface area contributed by atoms with Gasteiger partial charge in [-0.1, -0.05) is 0 Å². The third-order valence-electron chi connectivity index (χ3n) is 3.19. The predicted octanol–water partition coefficient (Wildman–Crippen LogP) is 3.22. The maximum absolute atomic E-state index is 14.1. The second-order valence-corrected chi connectivity index (χ2v) is 4.41. The van der Waals surface area contributed by atoms with Crippen molar-refractivity contribution in [3.8, 4) is 28.4 Å². The maximum atomic E-state index is 14.1. The van der Waals surface area contributed by atoms with Crippen LogP contribution < -0.4 is 14.2 Å². The van der Waals surface area contributed by atoms with Crippen molar-refractivity contribution in [2.45, 2.75) is 0 Å². The maximum Gasteiger partial charge on any atom is 0.335 e. The zero-order valence-corrected chi connectivity index (χ0v) is 12.3. The monoisotopic (exact) mass is 306 g/mol. The first-order valence-electron chi connectivity index (χ1n) is 6.35. The van der Waals surface area contributed by atoms with Gasteiger partial charge in [-0.3, -0.25) is 0 Å². The Labute approximate surface area is 126 Å². The lowest BCUT2D eigenvalue weighted by atomic mass is 10.0. The molecule has 5 nitrogen and oxygen atoms in total. The summed E-state index contributed by atoms with van der Waals surface area (Å²) < 4.78 is 29.7. The van der Waals surface area contributed by atoms with Crippen LogP contribution in [0, 0.1) is 5.82 Å². The van der Waals surface area contributed by atoms with Crippen molar-refractivity contribution >= 4 is 5.97 Å². The normalized spacial score (nSPS) is 10.2. The standard InChI is InChI=1S/C16H15FO5/c1-20-13-7-10(8-14(21-2)15(13)22-3)11-6-9(16(18)19)4-5-12(11)17/h4-8H,1-3H3,(H,18,19). The topological polar surface area (TPSA) is 65.0 Å². The Bertz CT molecular complexity index is 687. The fourth-order valence-corrected chi connectivity index (χ4v) is 2.12. The Hall–Kier alpha value is -2.76. The van der Waals surface area contributed by atoms with Gasteiger partial charge in [-0.25, -0.2) is 9.18 Å². The van der Waals surface area contributed by atoms with E-state index in [9.17, 15) is 9.18 Å². The second-order valence-electron chi connectivity index (χ2n) is 4.41. The first kappa shape index (κ1) is 15.6. The summed E-state index contributed by atoms with van der Waals surface area (Å²) in [7, 11) is 4.36. The number of benzene rings is 2. The zero-order valence-electron chi connectivity index (χ0n) is 12.3. The van der Waals surface area contributed by atoms with E-state index in [2.05, 4.69) is 0 Å². The molecular weight excluding hydrogens is 291 g/mol. The molecule has 0 spiro atoms. The van der Waals surface area contributed by atoms with Gasteiger partial charge >= 0.3 is 5.97 Å². The lowest BCUT2D eigenvalue weighted by Gasteiger charge is -2.14. The van der Waals surface area contributed by atoms with Gasteiger partial charge in [0, 0.05) is 5.56 Å². The Morgan fingerprint density at radius 3 is 2.05 bits per heavy atom. The van der Waals surface area contributed by atoms with Gasteiger partial charge in [0.1, 0.15) is 5.82 Å². The number of methoxy groups -OCH3 is 3. The lowest BCUT2D eigenvalue weighted by molar-refractivity contribution is 0.0697. The van der Waals surface area contributed by atoms with Crippen LogP contribution in [0.2, 0.25) is 0 Å². The molecule has 2 aromatic carbocycles. The summed E-state index contributed by atoms with van der Waals surface area (Å²) in [5, 5.41) is 9.04. The van der Waals surface area contributed by atoms with Gasteiger partial charge in [-0.05, 0) is 35.9 Å². The molecule has 1 N–H and O–H groups in total. The van der Waals surface area contributed by atoms with Crippen LogP contribution in [0.25, 0.3) is 11.1 Å². The van der Waals surface area contributed by atoms with Crippen molar-refractivity contribution in [1.82, 2.24) is 0 Å². The molecule has 2 aromatic rings. The number of aromatic carboxylic acids is 1. The first-order chi connectivity index (χ1) is 10.5. The molecule has 0 bridgehead atoms. The molecule has 0 radical (unpaired) electrons. The molecule has 22 heavy (non-hydrogen) atoms. The molecule has 2 rings (SSSR count). The van der Waals surface area contributed by atoms with Crippen LogP contribution in [-0.4, -0.2) is 32.4 Å². The molecule has 0 unspecified atom stereocenters. The second kappa shape index (κ2) is 6.34. The molecule has 0 aliphatic rings. The van der Waals surface area contributed by atoms with Crippen LogP contribution in [0.3, 0.4) is 0 Å². The third kappa shape index (κ3) is 2.81. The smallest absolute Gasteiger partial charge is 0.335 e. The van der Waals surface area contributed by atoms with Gasteiger partial charge in [0.2, 0.25) is 5.75 Å². The Balaban J connectivity index is 2.67. The molecule has 0 heterocycles. The van der Waals surface area contributed by atoms with Crippen molar-refractivity contribution in [1.29, 1.82) is 0 Å². The van der Waals surface area contributed by atoms with Gasteiger partial charge in [-0.2, -0.15) is 0 Å². The van der Waals surface area contributed by atoms with Crippen LogP contribution >= 0.6 is 0 Å². The minimum absolute atomic E-state index is 0.00912. The summed E-state index contributed by atoms with van der Waals surface area (Å²) in [6.45, 7) is 0. The highest BCUT2D eigenvalue weighted by Crippen LogP contribution is 2.41. The van der Waals surface area contributed by atoms with E-state index in [1.54, 1.807) is 12.1 Å². The Kier molecular flexibility index (Phi) is 4.50. The van der Waals surface area contributed by atoms with E-state index in [0.29, 0.717) is 22.8 Å². The number of hydrogen-bond donors (Lipinski definition) is 1. The Morgan fingerprint density at radius 1 is 1.00 bits per heavy atom. The summed E-state index contributed by atoms with van der Waals surface area (Å²) >= 11 is 0. The van der Waals surface area contributed by atoms with E-state index in [0.717, 1.165) is 6.07 Å². The lowest BCUT2D eigenvalue weighted by Crippen LogP contribution is -1.99. The SMILES string of the molecule is COc1cc(-c2cc(C(=O)O)ccc2F)cc(OC)c1OC. The summed E-state index contributed by atoms with van der Waals surface area (Å²) in [5.41, 5.74) is 0.555. The van der Waals surface area contributed by atoms with Crippen LogP contribution in [0.1, 0.15) is 10.4 Å². The van der Waals surface area contributed by atoms with E-state index >= 15 is 0 Å². The van der Waals surface area contributed by atoms with Crippen molar-refractivity contribution < 1.29 is 28.5 Å². The summed E-state index contributed by atoms with van der Waals surface area (Å²) in [6.07, 6.45) is 0. The van der Waals surface area contributed by atoms with Gasteiger partial charge in [0.05, 0.1) is 26.9 Å². The minimum atomic E-state index is -1.13. The molecule has 0 amide bonds. The number of ether oxygens (including phenoxy) is 3. The average molecular weight is 306 g/mol. The van der Waals surface area contributed by atoms with Crippen molar-refractivity contribution in [2.75, 3.05) is 21.3 Å². The number of hydrogen-bond acceptors (Lipinski definition) is 4. The minimum Gasteiger partial charge on any atom is -0.493 e. The molecular formula is C16H15FO5. The van der Waals surface area contributed by atoms with Crippen LogP contribution in [0.5, 0.6) is 17.2 Å². The third-order valence-corrected chi connectivity index (χ3v) is 3.19. The number of carboxylic acids is 1. The molecule has 0 fully saturated rings. The molecule has 0 atom stereocenters. The van der Waals surface area contributed by atoms with Gasteiger partial charge < -0.3 is 19.3 Å². The predicted molar refractivity (Wildman–Crippen MR) is 78.5 cm³/mol. The molecule has 0 saturated carbocycles. The highest BCUT2D eigenvalue weighted by Gasteiger charge is 2.17. The van der Waals surface area contributed by atoms with E-state index < -0.39 is 11.8 Å². The summed E-state index contributed by atoms with van der Waals surface area (Å²) in [4.78, 5) is 11.1. The van der Waals surface area contributed by atoms with Gasteiger partial charge in [-0.15, -0.1) is 0 Å². The van der Waals surface area contributed by atoms with Crippen molar-refractivity contribution in [3.05, 3.63) is 41.7 Å². The highest BCUT2D eigenvalue weighted by atomic mass is 19.1. The fraction of sp³-hybridized carbons (Fsp3) is 0.188. The Morgan fingerprint density at radius 2 is 1.59 bits per heavy atom. The molecule has 6 heteroatoms. The van der Waals surface area contributed by atoms with E-state index in [4.69, 9.17) is 19.3 Å². The number of carbonyl (C=O) groups is 1. The van der Waals surface area contributed by atoms with Gasteiger partial charge in [0.25, 0.3) is 0 Å². The van der Waals surface area contributed by atoms with E-state index in [-0.39, 0.29) is 11.1 Å². The van der Waals surface area contributed by atoms with Crippen LogP contribution in [0.4, 0.5) is 4.39 Å². The molecule has 0 saturated heterocycles. The summed E-state index contributed by atoms with van der Waals surface area (Å²) in [5.74, 6) is -0.578. The number of halogens is 1. The quantitative estimate of drug-likeness (QED) is 0.919. The summed E-state index contributed by atoms with van der Waals surface area (Å²) in [6, 6.07) is 6.70. The largest absolute Gasteiger partial charge is 0.493 e. The molecule has 0 aromatic heterocycles. The van der Waals surface area contributed by atoms with Crippen molar-refractivity contribution in [3.63, 3.8) is 0 Å². The molecule has 116 valence electrons. The molecule has 0 aliphatic carbocycles.